The summed E-state index contributed by atoms with van der Waals surface area (Å²) in [5, 5.41) is 11.4. The van der Waals surface area contributed by atoms with Crippen molar-refractivity contribution in [3.63, 3.8) is 0 Å². The Morgan fingerprint density at radius 3 is 2.38 bits per heavy atom. The molecule has 4 heterocycles. The van der Waals surface area contributed by atoms with Crippen LogP contribution in [0.5, 0.6) is 0 Å². The molecule has 0 unspecified atom stereocenters. The second-order valence-electron chi connectivity index (χ2n) is 6.01. The SMILES string of the molecule is c1ccc(N2CCN(c3cnnc(NCc4ccncc4)n3)CC2)nc1. The summed E-state index contributed by atoms with van der Waals surface area (Å²) in [7, 11) is 0. The van der Waals surface area contributed by atoms with Gasteiger partial charge in [-0.3, -0.25) is 4.98 Å². The molecule has 0 atom stereocenters. The maximum absolute atomic E-state index is 4.60. The van der Waals surface area contributed by atoms with E-state index in [1.807, 2.05) is 36.5 Å². The Morgan fingerprint density at radius 2 is 1.65 bits per heavy atom. The first-order valence-electron chi connectivity index (χ1n) is 8.62. The molecule has 8 heteroatoms. The largest absolute Gasteiger partial charge is 0.353 e. The number of hydrogen-bond acceptors (Lipinski definition) is 8. The summed E-state index contributed by atoms with van der Waals surface area (Å²) in [6.07, 6.45) is 7.09. The summed E-state index contributed by atoms with van der Waals surface area (Å²) in [4.78, 5) is 17.6. The van der Waals surface area contributed by atoms with Gasteiger partial charge >= 0.3 is 0 Å². The van der Waals surface area contributed by atoms with Crippen LogP contribution in [0.15, 0.2) is 55.1 Å². The van der Waals surface area contributed by atoms with Gasteiger partial charge < -0.3 is 15.1 Å². The van der Waals surface area contributed by atoms with Gasteiger partial charge in [0.1, 0.15) is 5.82 Å². The molecule has 0 bridgehead atoms. The first kappa shape index (κ1) is 16.2. The van der Waals surface area contributed by atoms with E-state index in [2.05, 4.69) is 40.3 Å². The molecule has 0 amide bonds. The summed E-state index contributed by atoms with van der Waals surface area (Å²) in [6.45, 7) is 4.20. The van der Waals surface area contributed by atoms with E-state index in [1.165, 1.54) is 0 Å². The topological polar surface area (TPSA) is 83.0 Å². The summed E-state index contributed by atoms with van der Waals surface area (Å²) in [6, 6.07) is 9.92. The van der Waals surface area contributed by atoms with Crippen LogP contribution in [0.3, 0.4) is 0 Å². The molecule has 0 aliphatic carbocycles. The first-order chi connectivity index (χ1) is 12.9. The van der Waals surface area contributed by atoms with Crippen LogP contribution in [-0.2, 0) is 6.54 Å². The maximum atomic E-state index is 4.60. The molecule has 3 aromatic rings. The first-order valence-corrected chi connectivity index (χ1v) is 8.62. The molecule has 1 aliphatic rings. The zero-order chi connectivity index (χ0) is 17.6. The lowest BCUT2D eigenvalue weighted by Gasteiger charge is -2.35. The van der Waals surface area contributed by atoms with Crippen LogP contribution in [-0.4, -0.2) is 51.3 Å². The van der Waals surface area contributed by atoms with Crippen LogP contribution in [0.25, 0.3) is 0 Å². The molecule has 1 fully saturated rings. The second-order valence-corrected chi connectivity index (χ2v) is 6.01. The van der Waals surface area contributed by atoms with Crippen LogP contribution < -0.4 is 15.1 Å². The predicted octanol–water partition coefficient (Wildman–Crippen LogP) is 1.60. The van der Waals surface area contributed by atoms with E-state index in [4.69, 9.17) is 0 Å². The third-order valence-electron chi connectivity index (χ3n) is 4.32. The highest BCUT2D eigenvalue weighted by atomic mass is 15.3. The molecule has 0 spiro atoms. The molecule has 26 heavy (non-hydrogen) atoms. The van der Waals surface area contributed by atoms with Crippen molar-refractivity contribution in [2.75, 3.05) is 41.3 Å². The second kappa shape index (κ2) is 7.73. The van der Waals surface area contributed by atoms with Gasteiger partial charge in [0.25, 0.3) is 0 Å². The average molecular weight is 348 g/mol. The lowest BCUT2D eigenvalue weighted by molar-refractivity contribution is 0.639. The minimum atomic E-state index is 0.534. The Hall–Kier alpha value is -3.29. The van der Waals surface area contributed by atoms with E-state index in [0.29, 0.717) is 12.5 Å². The van der Waals surface area contributed by atoms with Crippen molar-refractivity contribution in [3.05, 3.63) is 60.7 Å². The molecule has 8 nitrogen and oxygen atoms in total. The van der Waals surface area contributed by atoms with Crippen LogP contribution in [0, 0.1) is 0 Å². The van der Waals surface area contributed by atoms with Gasteiger partial charge in [-0.2, -0.15) is 10.1 Å². The molecule has 1 saturated heterocycles. The molecule has 132 valence electrons. The predicted molar refractivity (Wildman–Crippen MR) is 100 cm³/mol. The summed E-state index contributed by atoms with van der Waals surface area (Å²) >= 11 is 0. The Morgan fingerprint density at radius 1 is 0.885 bits per heavy atom. The fraction of sp³-hybridized carbons (Fsp3) is 0.278. The van der Waals surface area contributed by atoms with Gasteiger partial charge in [-0.1, -0.05) is 6.07 Å². The number of pyridine rings is 2. The average Bonchev–Trinajstić information content (AvgIpc) is 2.74. The Bertz CT molecular complexity index is 819. The lowest BCUT2D eigenvalue weighted by atomic mass is 10.3. The maximum Gasteiger partial charge on any atom is 0.244 e. The number of hydrogen-bond donors (Lipinski definition) is 1. The van der Waals surface area contributed by atoms with Crippen molar-refractivity contribution in [2.24, 2.45) is 0 Å². The fourth-order valence-electron chi connectivity index (χ4n) is 2.91. The van der Waals surface area contributed by atoms with Crippen molar-refractivity contribution < 1.29 is 0 Å². The van der Waals surface area contributed by atoms with Crippen LogP contribution >= 0.6 is 0 Å². The van der Waals surface area contributed by atoms with Crippen molar-refractivity contribution in [1.29, 1.82) is 0 Å². The van der Waals surface area contributed by atoms with E-state index in [-0.39, 0.29) is 0 Å². The van der Waals surface area contributed by atoms with E-state index >= 15 is 0 Å². The Kier molecular flexibility index (Phi) is 4.81. The third-order valence-corrected chi connectivity index (χ3v) is 4.32. The van der Waals surface area contributed by atoms with Gasteiger partial charge in [-0.25, -0.2) is 4.98 Å². The molecular weight excluding hydrogens is 328 g/mol. The van der Waals surface area contributed by atoms with Crippen molar-refractivity contribution in [2.45, 2.75) is 6.54 Å². The molecule has 1 aliphatic heterocycles. The number of nitrogens with one attached hydrogen (secondary N) is 1. The van der Waals surface area contributed by atoms with Gasteiger partial charge in [0.15, 0.2) is 5.82 Å². The molecular formula is C18H20N8. The van der Waals surface area contributed by atoms with E-state index in [9.17, 15) is 0 Å². The van der Waals surface area contributed by atoms with Gasteiger partial charge in [-0.15, -0.1) is 5.10 Å². The lowest BCUT2D eigenvalue weighted by Crippen LogP contribution is -2.47. The highest BCUT2D eigenvalue weighted by Gasteiger charge is 2.19. The van der Waals surface area contributed by atoms with Crippen LogP contribution in [0.4, 0.5) is 17.6 Å². The fourth-order valence-corrected chi connectivity index (χ4v) is 2.91. The van der Waals surface area contributed by atoms with E-state index in [1.54, 1.807) is 18.6 Å². The third kappa shape index (κ3) is 3.85. The Labute approximate surface area is 152 Å². The number of rotatable bonds is 5. The minimum Gasteiger partial charge on any atom is -0.353 e. The number of anilines is 3. The summed E-state index contributed by atoms with van der Waals surface area (Å²) in [5.74, 6) is 2.40. The highest BCUT2D eigenvalue weighted by molar-refractivity contribution is 5.45. The van der Waals surface area contributed by atoms with Gasteiger partial charge in [0.2, 0.25) is 5.95 Å². The number of nitrogens with zero attached hydrogens (tertiary/aromatic N) is 7. The van der Waals surface area contributed by atoms with Gasteiger partial charge in [0.05, 0.1) is 6.20 Å². The monoisotopic (exact) mass is 348 g/mol. The van der Waals surface area contributed by atoms with Crippen LogP contribution in [0.1, 0.15) is 5.56 Å². The van der Waals surface area contributed by atoms with Crippen molar-refractivity contribution in [1.82, 2.24) is 25.1 Å². The number of aromatic nitrogens is 5. The van der Waals surface area contributed by atoms with Crippen molar-refractivity contribution >= 4 is 17.6 Å². The normalized spacial score (nSPS) is 14.3. The molecule has 3 aromatic heterocycles. The summed E-state index contributed by atoms with van der Waals surface area (Å²) < 4.78 is 0. The van der Waals surface area contributed by atoms with E-state index < -0.39 is 0 Å². The van der Waals surface area contributed by atoms with E-state index in [0.717, 1.165) is 43.4 Å². The zero-order valence-corrected chi connectivity index (χ0v) is 14.4. The van der Waals surface area contributed by atoms with Gasteiger partial charge in [-0.05, 0) is 29.8 Å². The molecule has 0 saturated carbocycles. The van der Waals surface area contributed by atoms with Crippen LogP contribution in [0.2, 0.25) is 0 Å². The number of piperazine rings is 1. The molecule has 1 N–H and O–H groups in total. The van der Waals surface area contributed by atoms with Gasteiger partial charge in [0, 0.05) is 51.3 Å². The zero-order valence-electron chi connectivity index (χ0n) is 14.4. The molecule has 0 aromatic carbocycles. The minimum absolute atomic E-state index is 0.534. The van der Waals surface area contributed by atoms with Crippen molar-refractivity contribution in [3.8, 4) is 0 Å². The highest BCUT2D eigenvalue weighted by Crippen LogP contribution is 2.17. The quantitative estimate of drug-likeness (QED) is 0.744. The molecule has 4 rings (SSSR count). The standard InChI is InChI=1S/C18H20N8/c1-2-6-20-16(3-1)25-9-11-26(12-10-25)17-14-22-24-18(23-17)21-13-15-4-7-19-8-5-15/h1-8,14H,9-13H2,(H,21,23,24). The molecule has 0 radical (unpaired) electrons. The Balaban J connectivity index is 1.36. The summed E-state index contributed by atoms with van der Waals surface area (Å²) in [5.41, 5.74) is 1.12. The smallest absolute Gasteiger partial charge is 0.244 e.